The van der Waals surface area contributed by atoms with Gasteiger partial charge in [-0.2, -0.15) is 0 Å². The van der Waals surface area contributed by atoms with E-state index in [2.05, 4.69) is 10.1 Å². The Morgan fingerprint density at radius 1 is 1.27 bits per heavy atom. The first kappa shape index (κ1) is 28.8. The molecule has 0 radical (unpaired) electrons. The number of ether oxygens (including phenoxy) is 3. The summed E-state index contributed by atoms with van der Waals surface area (Å²) in [5.41, 5.74) is -2.28. The van der Waals surface area contributed by atoms with E-state index in [1.54, 1.807) is 26.0 Å². The van der Waals surface area contributed by atoms with E-state index < -0.39 is 29.3 Å². The largest absolute Gasteiger partial charge is 0.523 e. The number of alkyl halides is 3. The molecule has 11 heteroatoms. The average Bonchev–Trinajstić information content (AvgIpc) is 3.24. The molecule has 37 heavy (non-hydrogen) atoms. The topological polar surface area (TPSA) is 97.3 Å². The molecule has 2 N–H and O–H groups in total. The van der Waals surface area contributed by atoms with E-state index in [9.17, 15) is 27.9 Å². The molecule has 3 unspecified atom stereocenters. The number of aliphatic carboxylic acids is 1. The standard InChI is InChI=1S/C26H33F3N2O6/c1-4-36-25(3,23(33)34)14-18-7-9-21(10-8-18)35-13-11-20-16-31(17-30-20)15-19-6-5-12-24(2,22(19)32)37-26(27,28)29/h5-10,12,20,30H,4,11,13-17H2,1-3H3,(H,33,34). The van der Waals surface area contributed by atoms with Crippen molar-refractivity contribution in [1.29, 1.82) is 0 Å². The van der Waals surface area contributed by atoms with Crippen molar-refractivity contribution in [3.63, 3.8) is 0 Å². The highest BCUT2D eigenvalue weighted by Gasteiger charge is 2.46. The molecular formula is C26H33F3N2O6. The maximum Gasteiger partial charge on any atom is 0.523 e. The van der Waals surface area contributed by atoms with Gasteiger partial charge in [0.1, 0.15) is 5.75 Å². The molecule has 1 aromatic carbocycles. The van der Waals surface area contributed by atoms with E-state index in [1.807, 2.05) is 17.0 Å². The number of carboxylic acid groups (broad SMARTS) is 1. The Kier molecular flexibility index (Phi) is 9.17. The van der Waals surface area contributed by atoms with Crippen LogP contribution in [0.15, 0.2) is 48.1 Å². The summed E-state index contributed by atoms with van der Waals surface area (Å²) in [5, 5.41) is 12.8. The Morgan fingerprint density at radius 3 is 2.59 bits per heavy atom. The number of nitrogens with zero attached hydrogens (tertiary/aromatic N) is 1. The zero-order valence-corrected chi connectivity index (χ0v) is 21.1. The molecule has 0 spiro atoms. The second-order valence-electron chi connectivity index (χ2n) is 9.53. The summed E-state index contributed by atoms with van der Waals surface area (Å²) in [7, 11) is 0. The van der Waals surface area contributed by atoms with E-state index in [0.29, 0.717) is 38.6 Å². The van der Waals surface area contributed by atoms with Gasteiger partial charge in [-0.3, -0.25) is 14.4 Å². The third-order valence-electron chi connectivity index (χ3n) is 6.37. The Balaban J connectivity index is 1.44. The summed E-state index contributed by atoms with van der Waals surface area (Å²) >= 11 is 0. The zero-order chi connectivity index (χ0) is 27.3. The Morgan fingerprint density at radius 2 is 1.97 bits per heavy atom. The van der Waals surface area contributed by atoms with Crippen molar-refractivity contribution in [3.05, 3.63) is 53.6 Å². The highest BCUT2D eigenvalue weighted by atomic mass is 19.4. The molecular weight excluding hydrogens is 493 g/mol. The molecule has 0 aromatic heterocycles. The summed E-state index contributed by atoms with van der Waals surface area (Å²) in [6.45, 7) is 6.46. The van der Waals surface area contributed by atoms with E-state index in [4.69, 9.17) is 9.47 Å². The van der Waals surface area contributed by atoms with Crippen molar-refractivity contribution in [2.45, 2.75) is 57.2 Å². The number of allylic oxidation sites excluding steroid dienone is 2. The highest BCUT2D eigenvalue weighted by molar-refractivity contribution is 6.04. The lowest BCUT2D eigenvalue weighted by Crippen LogP contribution is -2.45. The molecule has 1 aliphatic carbocycles. The number of carbonyl (C=O) groups is 2. The van der Waals surface area contributed by atoms with Crippen LogP contribution >= 0.6 is 0 Å². The van der Waals surface area contributed by atoms with Crippen LogP contribution < -0.4 is 10.1 Å². The van der Waals surface area contributed by atoms with Gasteiger partial charge in [0.15, 0.2) is 17.0 Å². The van der Waals surface area contributed by atoms with Gasteiger partial charge in [0.05, 0.1) is 6.61 Å². The number of rotatable bonds is 12. The van der Waals surface area contributed by atoms with Crippen LogP contribution in [0.1, 0.15) is 32.8 Å². The lowest BCUT2D eigenvalue weighted by molar-refractivity contribution is -0.348. The predicted octanol–water partition coefficient (Wildman–Crippen LogP) is 3.47. The quantitative estimate of drug-likeness (QED) is 0.428. The van der Waals surface area contributed by atoms with Gasteiger partial charge in [-0.15, -0.1) is 13.2 Å². The van der Waals surface area contributed by atoms with Crippen LogP contribution in [-0.4, -0.2) is 78.3 Å². The van der Waals surface area contributed by atoms with E-state index in [0.717, 1.165) is 18.6 Å². The second-order valence-corrected chi connectivity index (χ2v) is 9.53. The fourth-order valence-corrected chi connectivity index (χ4v) is 4.44. The number of hydrogen-bond donors (Lipinski definition) is 2. The van der Waals surface area contributed by atoms with Crippen molar-refractivity contribution in [3.8, 4) is 5.75 Å². The van der Waals surface area contributed by atoms with E-state index >= 15 is 0 Å². The number of Topliss-reactive ketones (excluding diaryl/α,β-unsaturated/α-hetero) is 1. The molecule has 1 saturated heterocycles. The number of nitrogens with one attached hydrogen (secondary N) is 1. The van der Waals surface area contributed by atoms with Gasteiger partial charge in [0, 0.05) is 44.4 Å². The smallest absolute Gasteiger partial charge is 0.494 e. The Bertz CT molecular complexity index is 1030. The third-order valence-corrected chi connectivity index (χ3v) is 6.37. The second kappa shape index (κ2) is 11.8. The normalized spacial score (nSPS) is 24.1. The maximum absolute atomic E-state index is 12.7. The van der Waals surface area contributed by atoms with Crippen LogP contribution in [0.5, 0.6) is 5.75 Å². The molecule has 0 amide bonds. The van der Waals surface area contributed by atoms with Gasteiger partial charge >= 0.3 is 12.3 Å². The molecule has 3 rings (SSSR count). The lowest BCUT2D eigenvalue weighted by Gasteiger charge is -2.30. The van der Waals surface area contributed by atoms with Crippen LogP contribution in [0.3, 0.4) is 0 Å². The van der Waals surface area contributed by atoms with Gasteiger partial charge in [0.25, 0.3) is 0 Å². The van der Waals surface area contributed by atoms with Crippen molar-refractivity contribution in [1.82, 2.24) is 10.2 Å². The zero-order valence-electron chi connectivity index (χ0n) is 21.1. The molecule has 1 fully saturated rings. The Hall–Kier alpha value is -2.73. The number of benzene rings is 1. The molecule has 2 aliphatic rings. The van der Waals surface area contributed by atoms with Crippen molar-refractivity contribution in [2.75, 3.05) is 33.0 Å². The first-order chi connectivity index (χ1) is 17.3. The summed E-state index contributed by atoms with van der Waals surface area (Å²) in [5.74, 6) is -1.06. The number of ketones is 1. The molecule has 1 aliphatic heterocycles. The van der Waals surface area contributed by atoms with Gasteiger partial charge < -0.3 is 19.9 Å². The minimum Gasteiger partial charge on any atom is -0.494 e. The van der Waals surface area contributed by atoms with Crippen molar-refractivity contribution < 1.29 is 42.1 Å². The molecule has 1 aromatic rings. The van der Waals surface area contributed by atoms with Crippen molar-refractivity contribution in [2.24, 2.45) is 0 Å². The monoisotopic (exact) mass is 526 g/mol. The third kappa shape index (κ3) is 7.88. The average molecular weight is 527 g/mol. The SMILES string of the molecule is CCOC(C)(Cc1ccc(OCCC2CN(CC3=CC=CC(C)(OC(F)(F)F)C3=O)CN2)cc1)C(=O)O. The van der Waals surface area contributed by atoms with Gasteiger partial charge in [-0.1, -0.05) is 24.3 Å². The fraction of sp³-hybridized carbons (Fsp3) is 0.538. The highest BCUT2D eigenvalue weighted by Crippen LogP contribution is 2.31. The van der Waals surface area contributed by atoms with E-state index in [-0.39, 0.29) is 24.6 Å². The molecule has 204 valence electrons. The predicted molar refractivity (Wildman–Crippen MR) is 129 cm³/mol. The van der Waals surface area contributed by atoms with Gasteiger partial charge in [-0.25, -0.2) is 4.79 Å². The van der Waals surface area contributed by atoms with Crippen LogP contribution in [0.4, 0.5) is 13.2 Å². The first-order valence-corrected chi connectivity index (χ1v) is 12.1. The number of hydrogen-bond acceptors (Lipinski definition) is 7. The molecule has 8 nitrogen and oxygen atoms in total. The molecule has 0 bridgehead atoms. The maximum atomic E-state index is 12.7. The Labute approximate surface area is 214 Å². The first-order valence-electron chi connectivity index (χ1n) is 12.1. The minimum atomic E-state index is -4.92. The summed E-state index contributed by atoms with van der Waals surface area (Å²) < 4.78 is 53.5. The van der Waals surface area contributed by atoms with Gasteiger partial charge in [-0.05, 0) is 51.0 Å². The van der Waals surface area contributed by atoms with Crippen LogP contribution in [0.2, 0.25) is 0 Å². The minimum absolute atomic E-state index is 0.0920. The number of carboxylic acids is 1. The lowest BCUT2D eigenvalue weighted by atomic mass is 9.89. The number of halogens is 3. The fourth-order valence-electron chi connectivity index (χ4n) is 4.44. The van der Waals surface area contributed by atoms with Crippen LogP contribution in [-0.2, 0) is 25.5 Å². The van der Waals surface area contributed by atoms with Crippen molar-refractivity contribution >= 4 is 11.8 Å². The van der Waals surface area contributed by atoms with Crippen LogP contribution in [0, 0.1) is 0 Å². The summed E-state index contributed by atoms with van der Waals surface area (Å²) in [6, 6.07) is 7.28. The molecule has 1 heterocycles. The van der Waals surface area contributed by atoms with E-state index in [1.165, 1.54) is 12.2 Å². The van der Waals surface area contributed by atoms with Crippen LogP contribution in [0.25, 0.3) is 0 Å². The van der Waals surface area contributed by atoms with Gasteiger partial charge in [0.2, 0.25) is 0 Å². The number of carbonyl (C=O) groups excluding carboxylic acids is 1. The molecule has 3 atom stereocenters. The molecule has 0 saturated carbocycles. The summed E-state index contributed by atoms with van der Waals surface area (Å²) in [4.78, 5) is 26.1. The summed E-state index contributed by atoms with van der Waals surface area (Å²) in [6.07, 6.45) is 0.0557.